The highest BCUT2D eigenvalue weighted by atomic mass is 79.9. The van der Waals surface area contributed by atoms with Crippen LogP contribution in [0.5, 0.6) is 0 Å². The molecule has 3 nitrogen and oxygen atoms in total. The second-order valence-electron chi connectivity index (χ2n) is 3.12. The highest BCUT2D eigenvalue weighted by Gasteiger charge is 2.18. The fourth-order valence-electron chi connectivity index (χ4n) is 1.53. The number of Topliss-reactive ketones (excluding diaryl/α,β-unsaturated/α-hetero) is 1. The minimum Gasteiger partial charge on any atom is -0.321 e. The summed E-state index contributed by atoms with van der Waals surface area (Å²) in [6.07, 6.45) is 0. The number of carbonyl (C=O) groups excluding carboxylic acids is 1. The Balaban J connectivity index is 2.74. The van der Waals surface area contributed by atoms with Crippen LogP contribution in [0.4, 0.5) is 0 Å². The number of alkyl halides is 1. The summed E-state index contributed by atoms with van der Waals surface area (Å²) in [4.78, 5) is 25.8. The van der Waals surface area contributed by atoms with E-state index in [2.05, 4.69) is 20.9 Å². The molecule has 1 N–H and O–H groups in total. The van der Waals surface area contributed by atoms with Gasteiger partial charge >= 0.3 is 0 Å². The number of carbonyl (C=O) groups is 1. The molecule has 0 aromatic heterocycles. The van der Waals surface area contributed by atoms with Crippen LogP contribution in [-0.2, 0) is 0 Å². The van der Waals surface area contributed by atoms with Crippen LogP contribution in [0.1, 0.15) is 10.4 Å². The molecule has 2 aliphatic rings. The van der Waals surface area contributed by atoms with Crippen molar-refractivity contribution in [1.82, 2.24) is 4.98 Å². The summed E-state index contributed by atoms with van der Waals surface area (Å²) in [7, 11) is 0. The number of fused-ring (bicyclic) bond motifs is 1. The molecule has 0 radical (unpaired) electrons. The number of nitrogens with one attached hydrogen (secondary N) is 1. The van der Waals surface area contributed by atoms with Crippen molar-refractivity contribution in [1.29, 1.82) is 0 Å². The van der Waals surface area contributed by atoms with Gasteiger partial charge in [0.2, 0.25) is 0 Å². The van der Waals surface area contributed by atoms with Crippen molar-refractivity contribution in [2.75, 3.05) is 5.33 Å². The number of aromatic nitrogens is 1. The molecule has 0 aromatic carbocycles. The molecule has 0 spiro atoms. The van der Waals surface area contributed by atoms with E-state index in [9.17, 15) is 9.59 Å². The molecular formula is C11H8BrNO2. The van der Waals surface area contributed by atoms with Gasteiger partial charge in [-0.1, -0.05) is 40.2 Å². The van der Waals surface area contributed by atoms with Gasteiger partial charge in [-0.2, -0.15) is 0 Å². The molecule has 0 amide bonds. The molecule has 0 bridgehead atoms. The second-order valence-corrected chi connectivity index (χ2v) is 3.68. The summed E-state index contributed by atoms with van der Waals surface area (Å²) in [5.74, 6) is -0.197. The Hall–Kier alpha value is -1.42. The zero-order valence-corrected chi connectivity index (χ0v) is 9.37. The smallest absolute Gasteiger partial charge is 0.260 e. The van der Waals surface area contributed by atoms with Gasteiger partial charge in [0.1, 0.15) is 0 Å². The summed E-state index contributed by atoms with van der Waals surface area (Å²) < 4.78 is 0. The first-order valence-electron chi connectivity index (χ1n) is 4.44. The van der Waals surface area contributed by atoms with Crippen LogP contribution in [0, 0.1) is 0 Å². The Kier molecular flexibility index (Phi) is 2.68. The average Bonchev–Trinajstić information content (AvgIpc) is 2.40. The third kappa shape index (κ3) is 1.72. The number of hydrogen-bond acceptors (Lipinski definition) is 2. The quantitative estimate of drug-likeness (QED) is 0.668. The van der Waals surface area contributed by atoms with Gasteiger partial charge in [-0.3, -0.25) is 9.59 Å². The Labute approximate surface area is 94.6 Å². The molecule has 0 saturated heterocycles. The molecule has 1 aliphatic carbocycles. The maximum Gasteiger partial charge on any atom is 0.260 e. The lowest BCUT2D eigenvalue weighted by molar-refractivity contribution is 0.102. The van der Waals surface area contributed by atoms with Crippen molar-refractivity contribution in [3.8, 4) is 11.3 Å². The molecule has 76 valence electrons. The maximum atomic E-state index is 11.5. The molecule has 0 atom stereocenters. The molecule has 0 saturated carbocycles. The van der Waals surface area contributed by atoms with Crippen molar-refractivity contribution in [3.05, 3.63) is 46.2 Å². The van der Waals surface area contributed by atoms with E-state index in [1.165, 1.54) is 0 Å². The van der Waals surface area contributed by atoms with Gasteiger partial charge in [-0.25, -0.2) is 0 Å². The number of H-pyrrole nitrogens is 1. The van der Waals surface area contributed by atoms with Gasteiger partial charge in [0.25, 0.3) is 5.56 Å². The lowest BCUT2D eigenvalue weighted by Crippen LogP contribution is -2.12. The van der Waals surface area contributed by atoms with E-state index in [1.807, 2.05) is 12.1 Å². The van der Waals surface area contributed by atoms with E-state index in [4.69, 9.17) is 0 Å². The van der Waals surface area contributed by atoms with E-state index >= 15 is 0 Å². The molecule has 4 heteroatoms. The van der Waals surface area contributed by atoms with Crippen molar-refractivity contribution in [3.63, 3.8) is 0 Å². The van der Waals surface area contributed by atoms with Gasteiger partial charge in [-0.15, -0.1) is 0 Å². The molecule has 0 unspecified atom stereocenters. The number of rotatable bonds is 2. The normalized spacial score (nSPS) is 10.5. The molecule has 2 rings (SSSR count). The van der Waals surface area contributed by atoms with Crippen LogP contribution in [0.3, 0.4) is 0 Å². The maximum absolute atomic E-state index is 11.5. The lowest BCUT2D eigenvalue weighted by Gasteiger charge is -1.94. The predicted molar refractivity (Wildman–Crippen MR) is 61.8 cm³/mol. The van der Waals surface area contributed by atoms with Crippen LogP contribution >= 0.6 is 15.9 Å². The number of halogens is 1. The SMILES string of the molecule is O=C(CBr)c1c2cccccc-2[nH]c1=O. The van der Waals surface area contributed by atoms with Gasteiger partial charge in [-0.05, 0) is 6.07 Å². The summed E-state index contributed by atoms with van der Waals surface area (Å²) in [6, 6.07) is 9.02. The Morgan fingerprint density at radius 1 is 1.27 bits per heavy atom. The summed E-state index contributed by atoms with van der Waals surface area (Å²) in [5.41, 5.74) is 1.28. The first-order valence-corrected chi connectivity index (χ1v) is 5.56. The van der Waals surface area contributed by atoms with Gasteiger partial charge < -0.3 is 4.98 Å². The van der Waals surface area contributed by atoms with Crippen molar-refractivity contribution in [2.24, 2.45) is 0 Å². The van der Waals surface area contributed by atoms with Crippen LogP contribution in [0.2, 0.25) is 0 Å². The highest BCUT2D eigenvalue weighted by molar-refractivity contribution is 9.09. The Morgan fingerprint density at radius 3 is 2.73 bits per heavy atom. The molecule has 0 aromatic rings. The van der Waals surface area contributed by atoms with Crippen LogP contribution < -0.4 is 5.56 Å². The number of aromatic amines is 1. The molecule has 0 fully saturated rings. The molecule has 15 heavy (non-hydrogen) atoms. The minimum absolute atomic E-state index is 0.161. The Morgan fingerprint density at radius 2 is 2.00 bits per heavy atom. The van der Waals surface area contributed by atoms with Gasteiger partial charge in [0, 0.05) is 11.3 Å². The van der Waals surface area contributed by atoms with Crippen LogP contribution in [0.25, 0.3) is 11.3 Å². The third-order valence-corrected chi connectivity index (χ3v) is 2.69. The predicted octanol–water partition coefficient (Wildman–Crippen LogP) is 2.06. The summed E-state index contributed by atoms with van der Waals surface area (Å²) in [5, 5.41) is 0.161. The fourth-order valence-corrected chi connectivity index (χ4v) is 1.81. The van der Waals surface area contributed by atoms with E-state index in [0.29, 0.717) is 11.3 Å². The zero-order valence-electron chi connectivity index (χ0n) is 7.79. The summed E-state index contributed by atoms with van der Waals surface area (Å²) >= 11 is 3.07. The molecule has 1 heterocycles. The van der Waals surface area contributed by atoms with Gasteiger partial charge in [0.15, 0.2) is 5.78 Å². The third-order valence-electron chi connectivity index (χ3n) is 2.18. The van der Waals surface area contributed by atoms with E-state index in [1.54, 1.807) is 18.2 Å². The minimum atomic E-state index is -0.319. The summed E-state index contributed by atoms with van der Waals surface area (Å²) in [6.45, 7) is 0. The van der Waals surface area contributed by atoms with E-state index in [0.717, 1.165) is 0 Å². The fraction of sp³-hybridized carbons (Fsp3) is 0.0909. The van der Waals surface area contributed by atoms with Crippen LogP contribution in [-0.4, -0.2) is 16.1 Å². The first kappa shape index (κ1) is 10.1. The number of hydrogen-bond donors (Lipinski definition) is 1. The molecule has 1 aliphatic heterocycles. The topological polar surface area (TPSA) is 49.9 Å². The van der Waals surface area contributed by atoms with E-state index in [-0.39, 0.29) is 22.2 Å². The zero-order chi connectivity index (χ0) is 10.8. The standard InChI is InChI=1S/C11H8BrNO2/c12-6-9(14)10-7-4-2-1-3-5-8(7)13-11(10)15/h1-5H,6H2,(H,13,15). The van der Waals surface area contributed by atoms with Crippen LogP contribution in [0.15, 0.2) is 35.1 Å². The Bertz CT molecular complexity index is 533. The average molecular weight is 266 g/mol. The highest BCUT2D eigenvalue weighted by Crippen LogP contribution is 2.21. The van der Waals surface area contributed by atoms with Crippen molar-refractivity contribution in [2.45, 2.75) is 0 Å². The van der Waals surface area contributed by atoms with E-state index < -0.39 is 0 Å². The monoisotopic (exact) mass is 265 g/mol. The van der Waals surface area contributed by atoms with Crippen molar-refractivity contribution < 1.29 is 4.79 Å². The lowest BCUT2D eigenvalue weighted by atomic mass is 10.1. The largest absolute Gasteiger partial charge is 0.321 e. The number of ketones is 1. The second kappa shape index (κ2) is 3.98. The first-order chi connectivity index (χ1) is 7.24. The molecular weight excluding hydrogens is 258 g/mol. The van der Waals surface area contributed by atoms with Gasteiger partial charge in [0.05, 0.1) is 10.9 Å². The van der Waals surface area contributed by atoms with Crippen molar-refractivity contribution >= 4 is 21.7 Å².